The fourth-order valence-corrected chi connectivity index (χ4v) is 3.00. The van der Waals surface area contributed by atoms with Crippen LogP contribution in [-0.2, 0) is 6.54 Å². The molecule has 3 heteroatoms. The number of rotatable bonds is 5. The van der Waals surface area contributed by atoms with Crippen LogP contribution < -0.4 is 14.8 Å². The van der Waals surface area contributed by atoms with Gasteiger partial charge in [-0.05, 0) is 30.4 Å². The lowest BCUT2D eigenvalue weighted by molar-refractivity contribution is 0.173. The molecule has 2 aliphatic rings. The summed E-state index contributed by atoms with van der Waals surface area (Å²) in [5.41, 5.74) is 2.55. The first-order valence-electron chi connectivity index (χ1n) is 7.57. The maximum Gasteiger partial charge on any atom is 0.231 e. The highest BCUT2D eigenvalue weighted by atomic mass is 16.7. The van der Waals surface area contributed by atoms with E-state index >= 15 is 0 Å². The minimum atomic E-state index is 0.330. The fraction of sp³-hybridized carbons (Fsp3) is 0.333. The van der Waals surface area contributed by atoms with Gasteiger partial charge in [0.05, 0.1) is 0 Å². The van der Waals surface area contributed by atoms with Gasteiger partial charge in [0.2, 0.25) is 6.79 Å². The molecule has 3 nitrogen and oxygen atoms in total. The molecular formula is C18H19NO2. The van der Waals surface area contributed by atoms with Crippen molar-refractivity contribution >= 4 is 0 Å². The molecule has 4 rings (SSSR count). The average Bonchev–Trinajstić information content (AvgIpc) is 3.25. The maximum atomic E-state index is 5.58. The Labute approximate surface area is 124 Å². The molecule has 108 valence electrons. The van der Waals surface area contributed by atoms with Crippen molar-refractivity contribution in [2.75, 3.05) is 6.79 Å². The van der Waals surface area contributed by atoms with E-state index in [2.05, 4.69) is 41.7 Å². The predicted octanol–water partition coefficient (Wildman–Crippen LogP) is 3.66. The number of hydrogen-bond acceptors (Lipinski definition) is 3. The zero-order valence-corrected chi connectivity index (χ0v) is 11.9. The second-order valence-electron chi connectivity index (χ2n) is 5.76. The fourth-order valence-electron chi connectivity index (χ4n) is 3.00. The monoisotopic (exact) mass is 281 g/mol. The molecule has 0 amide bonds. The third-order valence-corrected chi connectivity index (χ3v) is 4.24. The zero-order valence-electron chi connectivity index (χ0n) is 11.9. The molecule has 1 saturated carbocycles. The first-order valence-corrected chi connectivity index (χ1v) is 7.57. The van der Waals surface area contributed by atoms with Gasteiger partial charge in [-0.2, -0.15) is 0 Å². The summed E-state index contributed by atoms with van der Waals surface area (Å²) < 4.78 is 11.0. The Balaban J connectivity index is 1.51. The standard InChI is InChI=1S/C18H19NO2/c1-2-5-13(6-3-1)17(14-9-10-14)19-11-15-7-4-8-16-18(15)21-12-20-16/h1-8,14,17,19H,9-12H2/t17-/m0/s1. The number of hydrogen-bond donors (Lipinski definition) is 1. The molecule has 1 heterocycles. The van der Waals surface area contributed by atoms with E-state index in [0.29, 0.717) is 12.8 Å². The van der Waals surface area contributed by atoms with Gasteiger partial charge in [-0.25, -0.2) is 0 Å². The molecule has 1 atom stereocenters. The van der Waals surface area contributed by atoms with E-state index in [4.69, 9.17) is 9.47 Å². The van der Waals surface area contributed by atoms with Crippen LogP contribution in [-0.4, -0.2) is 6.79 Å². The molecule has 0 unspecified atom stereocenters. The van der Waals surface area contributed by atoms with Crippen molar-refractivity contribution in [1.82, 2.24) is 5.32 Å². The topological polar surface area (TPSA) is 30.5 Å². The van der Waals surface area contributed by atoms with Crippen LogP contribution in [0.25, 0.3) is 0 Å². The SMILES string of the molecule is c1ccc([C@H](NCc2cccc3c2OCO3)C2CC2)cc1. The Bertz CT molecular complexity index is 622. The first-order chi connectivity index (χ1) is 10.4. The van der Waals surface area contributed by atoms with Crippen molar-refractivity contribution in [3.05, 3.63) is 59.7 Å². The molecule has 2 aromatic rings. The Hall–Kier alpha value is -2.00. The van der Waals surface area contributed by atoms with Gasteiger partial charge < -0.3 is 14.8 Å². The quantitative estimate of drug-likeness (QED) is 0.907. The Morgan fingerprint density at radius 1 is 1.00 bits per heavy atom. The van der Waals surface area contributed by atoms with Crippen LogP contribution in [0.1, 0.15) is 30.0 Å². The van der Waals surface area contributed by atoms with E-state index < -0.39 is 0 Å². The van der Waals surface area contributed by atoms with Crippen molar-refractivity contribution < 1.29 is 9.47 Å². The maximum absolute atomic E-state index is 5.58. The van der Waals surface area contributed by atoms with Gasteiger partial charge in [0.25, 0.3) is 0 Å². The summed E-state index contributed by atoms with van der Waals surface area (Å²) >= 11 is 0. The molecule has 1 fully saturated rings. The average molecular weight is 281 g/mol. The largest absolute Gasteiger partial charge is 0.454 e. The molecular weight excluding hydrogens is 262 g/mol. The second-order valence-corrected chi connectivity index (χ2v) is 5.76. The lowest BCUT2D eigenvalue weighted by Crippen LogP contribution is -2.22. The minimum absolute atomic E-state index is 0.330. The molecule has 0 bridgehead atoms. The highest BCUT2D eigenvalue weighted by Gasteiger charge is 2.32. The van der Waals surface area contributed by atoms with Gasteiger partial charge >= 0.3 is 0 Å². The lowest BCUT2D eigenvalue weighted by Gasteiger charge is -2.19. The number of benzene rings is 2. The van der Waals surface area contributed by atoms with E-state index in [-0.39, 0.29) is 0 Å². The van der Waals surface area contributed by atoms with E-state index in [1.807, 2.05) is 12.1 Å². The van der Waals surface area contributed by atoms with E-state index in [9.17, 15) is 0 Å². The van der Waals surface area contributed by atoms with Gasteiger partial charge in [0, 0.05) is 18.2 Å². The molecule has 1 N–H and O–H groups in total. The normalized spacial score (nSPS) is 17.7. The van der Waals surface area contributed by atoms with Crippen molar-refractivity contribution in [3.8, 4) is 11.5 Å². The number of nitrogens with one attached hydrogen (secondary N) is 1. The number of para-hydroxylation sites is 1. The molecule has 0 aromatic heterocycles. The third kappa shape index (κ3) is 2.61. The summed E-state index contributed by atoms with van der Waals surface area (Å²) in [6, 6.07) is 17.3. The summed E-state index contributed by atoms with van der Waals surface area (Å²) in [5, 5.41) is 3.71. The molecule has 0 saturated heterocycles. The van der Waals surface area contributed by atoms with Crippen LogP contribution >= 0.6 is 0 Å². The van der Waals surface area contributed by atoms with Crippen LogP contribution in [0.2, 0.25) is 0 Å². The molecule has 1 aliphatic heterocycles. The molecule has 0 spiro atoms. The molecule has 2 aromatic carbocycles. The van der Waals surface area contributed by atoms with Crippen molar-refractivity contribution in [3.63, 3.8) is 0 Å². The van der Waals surface area contributed by atoms with Crippen molar-refractivity contribution in [2.45, 2.75) is 25.4 Å². The molecule has 0 radical (unpaired) electrons. The van der Waals surface area contributed by atoms with Gasteiger partial charge in [-0.1, -0.05) is 42.5 Å². The lowest BCUT2D eigenvalue weighted by atomic mass is 10.0. The summed E-state index contributed by atoms with van der Waals surface area (Å²) in [5.74, 6) is 2.52. The van der Waals surface area contributed by atoms with Gasteiger partial charge in [0.15, 0.2) is 11.5 Å². The van der Waals surface area contributed by atoms with Crippen LogP contribution in [0.4, 0.5) is 0 Å². The Morgan fingerprint density at radius 2 is 1.86 bits per heavy atom. The molecule has 21 heavy (non-hydrogen) atoms. The summed E-state index contributed by atoms with van der Waals surface area (Å²) in [4.78, 5) is 0. The second kappa shape index (κ2) is 5.41. The van der Waals surface area contributed by atoms with Crippen LogP contribution in [0.15, 0.2) is 48.5 Å². The predicted molar refractivity (Wildman–Crippen MR) is 81.3 cm³/mol. The minimum Gasteiger partial charge on any atom is -0.454 e. The van der Waals surface area contributed by atoms with E-state index in [1.54, 1.807) is 0 Å². The molecule has 1 aliphatic carbocycles. The highest BCUT2D eigenvalue weighted by Crippen LogP contribution is 2.42. The van der Waals surface area contributed by atoms with E-state index in [0.717, 1.165) is 24.0 Å². The number of fused-ring (bicyclic) bond motifs is 1. The third-order valence-electron chi connectivity index (χ3n) is 4.24. The zero-order chi connectivity index (χ0) is 14.1. The Morgan fingerprint density at radius 3 is 2.67 bits per heavy atom. The summed E-state index contributed by atoms with van der Waals surface area (Å²) in [6.45, 7) is 1.14. The van der Waals surface area contributed by atoms with Crippen LogP contribution in [0, 0.1) is 5.92 Å². The summed E-state index contributed by atoms with van der Waals surface area (Å²) in [6.07, 6.45) is 2.64. The van der Waals surface area contributed by atoms with Crippen LogP contribution in [0.3, 0.4) is 0 Å². The van der Waals surface area contributed by atoms with Crippen molar-refractivity contribution in [2.24, 2.45) is 5.92 Å². The first kappa shape index (κ1) is 12.7. The van der Waals surface area contributed by atoms with Crippen molar-refractivity contribution in [1.29, 1.82) is 0 Å². The van der Waals surface area contributed by atoms with Gasteiger partial charge in [-0.15, -0.1) is 0 Å². The van der Waals surface area contributed by atoms with Crippen LogP contribution in [0.5, 0.6) is 11.5 Å². The summed E-state index contributed by atoms with van der Waals surface area (Å²) in [7, 11) is 0. The number of ether oxygens (including phenoxy) is 2. The van der Waals surface area contributed by atoms with E-state index in [1.165, 1.54) is 24.0 Å². The highest BCUT2D eigenvalue weighted by molar-refractivity contribution is 5.48. The Kier molecular flexibility index (Phi) is 3.28. The van der Waals surface area contributed by atoms with Gasteiger partial charge in [-0.3, -0.25) is 0 Å². The smallest absolute Gasteiger partial charge is 0.231 e. The van der Waals surface area contributed by atoms with Gasteiger partial charge in [0.1, 0.15) is 0 Å².